The number of ether oxygens (including phenoxy) is 1. The summed E-state index contributed by atoms with van der Waals surface area (Å²) in [7, 11) is 0. The molecule has 1 N–H and O–H groups in total. The van der Waals surface area contributed by atoms with E-state index in [1.807, 2.05) is 23.5 Å². The predicted molar refractivity (Wildman–Crippen MR) is 113 cm³/mol. The van der Waals surface area contributed by atoms with E-state index in [2.05, 4.69) is 53.4 Å². The van der Waals surface area contributed by atoms with E-state index >= 15 is 0 Å². The third-order valence-corrected chi connectivity index (χ3v) is 7.96. The van der Waals surface area contributed by atoms with Crippen molar-refractivity contribution in [3.8, 4) is 0 Å². The third-order valence-electron chi connectivity index (χ3n) is 5.27. The van der Waals surface area contributed by atoms with E-state index in [4.69, 9.17) is 9.84 Å². The van der Waals surface area contributed by atoms with Crippen LogP contribution in [0.1, 0.15) is 36.5 Å². The van der Waals surface area contributed by atoms with Crippen molar-refractivity contribution >= 4 is 29.7 Å². The maximum atomic E-state index is 10.8. The van der Waals surface area contributed by atoms with Crippen LogP contribution in [0.5, 0.6) is 0 Å². The Bertz CT molecular complexity index is 829. The molecule has 2 atom stereocenters. The maximum Gasteiger partial charge on any atom is 0.506 e. The molecular weight excluding hydrogens is 390 g/mol. The Morgan fingerprint density at radius 2 is 1.86 bits per heavy atom. The minimum Gasteiger partial charge on any atom is -0.450 e. The van der Waals surface area contributed by atoms with Crippen LogP contribution >= 0.6 is 23.5 Å². The Hall–Kier alpha value is -1.63. The van der Waals surface area contributed by atoms with Gasteiger partial charge in [0.2, 0.25) is 0 Å². The molecule has 0 aromatic heterocycles. The van der Waals surface area contributed by atoms with Gasteiger partial charge in [-0.3, -0.25) is 4.90 Å². The minimum absolute atomic E-state index is 0.178. The molecule has 6 heteroatoms. The maximum absolute atomic E-state index is 10.8. The molecule has 0 saturated carbocycles. The minimum atomic E-state index is -1.16. The van der Waals surface area contributed by atoms with Gasteiger partial charge in [-0.15, -0.1) is 11.8 Å². The number of benzene rings is 2. The number of hydrogen-bond donors (Lipinski definition) is 1. The second kappa shape index (κ2) is 9.25. The lowest BCUT2D eigenvalue weighted by Gasteiger charge is -2.32. The predicted octanol–water partition coefficient (Wildman–Crippen LogP) is 5.92. The molecular formula is C22H25NO3S2. The summed E-state index contributed by atoms with van der Waals surface area (Å²) in [6.07, 6.45) is 2.71. The Morgan fingerprint density at radius 3 is 2.68 bits per heavy atom. The highest BCUT2D eigenvalue weighted by atomic mass is 32.2. The first-order chi connectivity index (χ1) is 13.7. The van der Waals surface area contributed by atoms with Crippen molar-refractivity contribution in [1.82, 2.24) is 4.90 Å². The molecule has 0 radical (unpaired) electrons. The van der Waals surface area contributed by atoms with Crippen LogP contribution in [0.3, 0.4) is 0 Å². The van der Waals surface area contributed by atoms with Crippen molar-refractivity contribution in [3.63, 3.8) is 0 Å². The summed E-state index contributed by atoms with van der Waals surface area (Å²) in [6.45, 7) is 2.75. The number of fused-ring (bicyclic) bond motifs is 2. The molecule has 1 unspecified atom stereocenters. The molecule has 2 aromatic carbocycles. The second-order valence-electron chi connectivity index (χ2n) is 7.28. The molecule has 2 aliphatic heterocycles. The molecule has 2 aliphatic rings. The van der Waals surface area contributed by atoms with Crippen molar-refractivity contribution in [2.45, 2.75) is 51.7 Å². The average Bonchev–Trinajstić information content (AvgIpc) is 2.84. The monoisotopic (exact) mass is 415 g/mol. The lowest BCUT2D eigenvalue weighted by molar-refractivity contribution is 0.0132. The van der Waals surface area contributed by atoms with Gasteiger partial charge in [-0.2, -0.15) is 0 Å². The number of likely N-dealkylation sites (tertiary alicyclic amines) is 1. The highest BCUT2D eigenvalue weighted by Crippen LogP contribution is 2.50. The zero-order valence-corrected chi connectivity index (χ0v) is 17.4. The molecule has 148 valence electrons. The van der Waals surface area contributed by atoms with E-state index in [1.54, 1.807) is 0 Å². The zero-order valence-electron chi connectivity index (χ0n) is 15.8. The lowest BCUT2D eigenvalue weighted by atomic mass is 10.1. The molecule has 4 rings (SSSR count). The Labute approximate surface area is 174 Å². The number of rotatable bonds is 5. The summed E-state index contributed by atoms with van der Waals surface area (Å²) in [5, 5.41) is 9.30. The molecule has 4 nitrogen and oxygen atoms in total. The van der Waals surface area contributed by atoms with Crippen LogP contribution in [0.15, 0.2) is 63.2 Å². The van der Waals surface area contributed by atoms with Crippen LogP contribution in [0.25, 0.3) is 0 Å². The SMILES string of the molecule is O=C(O)OC1CCCN(CCC[C@H]2Sc3ccccc3Sc3ccccc32)C1. The summed E-state index contributed by atoms with van der Waals surface area (Å²) in [6, 6.07) is 17.4. The average molecular weight is 416 g/mol. The molecule has 2 aromatic rings. The summed E-state index contributed by atoms with van der Waals surface area (Å²) in [4.78, 5) is 17.2. The summed E-state index contributed by atoms with van der Waals surface area (Å²) < 4.78 is 4.99. The Morgan fingerprint density at radius 1 is 1.11 bits per heavy atom. The first-order valence-electron chi connectivity index (χ1n) is 9.83. The first-order valence-corrected chi connectivity index (χ1v) is 11.5. The fourth-order valence-corrected chi connectivity index (χ4v) is 6.61. The third kappa shape index (κ3) is 4.85. The van der Waals surface area contributed by atoms with Gasteiger partial charge in [-0.05, 0) is 62.5 Å². The molecule has 1 fully saturated rings. The Balaban J connectivity index is 1.39. The van der Waals surface area contributed by atoms with Crippen molar-refractivity contribution in [2.75, 3.05) is 19.6 Å². The number of hydrogen-bond acceptors (Lipinski definition) is 5. The van der Waals surface area contributed by atoms with Gasteiger partial charge in [0, 0.05) is 26.5 Å². The fourth-order valence-electron chi connectivity index (χ4n) is 3.98. The van der Waals surface area contributed by atoms with Gasteiger partial charge in [0.25, 0.3) is 0 Å². The smallest absolute Gasteiger partial charge is 0.450 e. The number of nitrogens with zero attached hydrogens (tertiary/aromatic N) is 1. The van der Waals surface area contributed by atoms with E-state index in [0.29, 0.717) is 5.25 Å². The largest absolute Gasteiger partial charge is 0.506 e. The van der Waals surface area contributed by atoms with E-state index in [9.17, 15) is 4.79 Å². The quantitative estimate of drug-likeness (QED) is 0.611. The van der Waals surface area contributed by atoms with E-state index in [0.717, 1.165) is 45.3 Å². The molecule has 1 saturated heterocycles. The van der Waals surface area contributed by atoms with Crippen LogP contribution in [-0.2, 0) is 4.74 Å². The van der Waals surface area contributed by atoms with E-state index in [1.165, 1.54) is 20.2 Å². The summed E-state index contributed by atoms with van der Waals surface area (Å²) >= 11 is 3.85. The van der Waals surface area contributed by atoms with Crippen LogP contribution < -0.4 is 0 Å². The summed E-state index contributed by atoms with van der Waals surface area (Å²) in [5.74, 6) is 0. The van der Waals surface area contributed by atoms with Gasteiger partial charge in [0.05, 0.1) is 0 Å². The number of carboxylic acid groups (broad SMARTS) is 1. The highest BCUT2D eigenvalue weighted by Gasteiger charge is 2.25. The van der Waals surface area contributed by atoms with Crippen LogP contribution in [-0.4, -0.2) is 41.9 Å². The normalized spacial score (nSPS) is 22.0. The van der Waals surface area contributed by atoms with Gasteiger partial charge >= 0.3 is 6.16 Å². The number of carbonyl (C=O) groups is 1. The topological polar surface area (TPSA) is 49.8 Å². The molecule has 2 heterocycles. The van der Waals surface area contributed by atoms with Gasteiger partial charge in [-0.1, -0.05) is 42.1 Å². The standard InChI is InChI=1S/C22H25NO3S2/c24-22(25)26-16-7-5-13-23(15-16)14-6-12-19-17-8-1-2-9-18(17)27-20-10-3-4-11-21(20)28-19/h1-4,8-11,16,19H,5-7,12-15H2,(H,24,25)/t16?,19-/m1/s1. The molecule has 0 spiro atoms. The van der Waals surface area contributed by atoms with Gasteiger partial charge in [0.1, 0.15) is 6.10 Å². The second-order valence-corrected chi connectivity index (χ2v) is 9.61. The highest BCUT2D eigenvalue weighted by molar-refractivity contribution is 8.03. The lowest BCUT2D eigenvalue weighted by Crippen LogP contribution is -2.40. The van der Waals surface area contributed by atoms with Crippen molar-refractivity contribution in [2.24, 2.45) is 0 Å². The molecule has 0 aliphatic carbocycles. The zero-order chi connectivity index (χ0) is 19.3. The molecule has 0 amide bonds. The van der Waals surface area contributed by atoms with Gasteiger partial charge < -0.3 is 9.84 Å². The first kappa shape index (κ1) is 19.7. The van der Waals surface area contributed by atoms with Crippen molar-refractivity contribution < 1.29 is 14.6 Å². The van der Waals surface area contributed by atoms with Crippen molar-refractivity contribution in [1.29, 1.82) is 0 Å². The van der Waals surface area contributed by atoms with Gasteiger partial charge in [0.15, 0.2) is 0 Å². The van der Waals surface area contributed by atoms with E-state index in [-0.39, 0.29) is 6.10 Å². The van der Waals surface area contributed by atoms with Crippen molar-refractivity contribution in [3.05, 3.63) is 54.1 Å². The Kier molecular flexibility index (Phi) is 6.50. The fraction of sp³-hybridized carbons (Fsp3) is 0.409. The van der Waals surface area contributed by atoms with E-state index < -0.39 is 6.16 Å². The summed E-state index contributed by atoms with van der Waals surface area (Å²) in [5.41, 5.74) is 1.43. The van der Waals surface area contributed by atoms with Crippen LogP contribution in [0.4, 0.5) is 4.79 Å². The van der Waals surface area contributed by atoms with Gasteiger partial charge in [-0.25, -0.2) is 4.79 Å². The number of thioether (sulfide) groups is 1. The molecule has 0 bridgehead atoms. The molecule has 28 heavy (non-hydrogen) atoms. The van der Waals surface area contributed by atoms with Crippen LogP contribution in [0.2, 0.25) is 0 Å². The number of piperidine rings is 1. The van der Waals surface area contributed by atoms with Crippen LogP contribution in [0, 0.1) is 0 Å².